The topological polar surface area (TPSA) is 111 Å². The summed E-state index contributed by atoms with van der Waals surface area (Å²) in [6.07, 6.45) is 0. The molecule has 0 rings (SSSR count). The minimum Gasteiger partial charge on any atom is -0.471 e. The Morgan fingerprint density at radius 2 is 1.65 bits per heavy atom. The van der Waals surface area contributed by atoms with E-state index in [0.717, 1.165) is 7.11 Å². The van der Waals surface area contributed by atoms with Gasteiger partial charge in [-0.3, -0.25) is 19.2 Å². The highest BCUT2D eigenvalue weighted by atomic mass is 16.5. The molecule has 20 heavy (non-hydrogen) atoms. The third-order valence-corrected chi connectivity index (χ3v) is 1.64. The average molecular weight is 294 g/mol. The van der Waals surface area contributed by atoms with E-state index in [4.69, 9.17) is 4.79 Å². The molecule has 1 unspecified atom stereocenters. The molecule has 0 aromatic carbocycles. The third kappa shape index (κ3) is 12.5. The second-order valence-electron chi connectivity index (χ2n) is 2.97. The summed E-state index contributed by atoms with van der Waals surface area (Å²) >= 11 is 0. The van der Waals surface area contributed by atoms with Gasteiger partial charge >= 0.3 is 5.97 Å². The quantitative estimate of drug-likeness (QED) is 0.300. The lowest BCUT2D eigenvalue weighted by molar-refractivity contribution is -0.153. The first kappa shape index (κ1) is 26.6. The minimum absolute atomic E-state index is 0. The van der Waals surface area contributed by atoms with Gasteiger partial charge in [-0.1, -0.05) is 14.9 Å². The molecule has 0 saturated carbocycles. The fraction of sp³-hybridized carbons (Fsp3) is 0.667. The number of amides is 1. The van der Waals surface area contributed by atoms with Crippen molar-refractivity contribution >= 4 is 24.1 Å². The largest absolute Gasteiger partial charge is 0.471 e. The van der Waals surface area contributed by atoms with Crippen LogP contribution in [-0.4, -0.2) is 52.1 Å². The Morgan fingerprint density at radius 1 is 1.20 bits per heavy atom. The van der Waals surface area contributed by atoms with Crippen molar-refractivity contribution in [1.29, 1.82) is 0 Å². The number of carbonyl (C=O) groups excluding carboxylic acids is 4. The van der Waals surface area contributed by atoms with Crippen LogP contribution >= 0.6 is 0 Å². The van der Waals surface area contributed by atoms with Gasteiger partial charge in [-0.25, -0.2) is 0 Å². The minimum atomic E-state index is -1.37. The van der Waals surface area contributed by atoms with Crippen LogP contribution in [0.25, 0.3) is 0 Å². The number of Topliss-reactive ketones (excluding diaryl/α,β-unsaturated/α-hetero) is 1. The third-order valence-electron chi connectivity index (χ3n) is 1.64. The lowest BCUT2D eigenvalue weighted by Crippen LogP contribution is -2.42. The van der Waals surface area contributed by atoms with Gasteiger partial charge in [0.25, 0.3) is 6.47 Å². The van der Waals surface area contributed by atoms with E-state index in [-0.39, 0.29) is 21.5 Å². The molecule has 0 aromatic heterocycles. The maximum Gasteiger partial charge on any atom is 0.325 e. The maximum atomic E-state index is 11.3. The Morgan fingerprint density at radius 3 is 1.90 bits per heavy atom. The van der Waals surface area contributed by atoms with Gasteiger partial charge in [-0.15, -0.1) is 0 Å². The molecule has 0 bridgehead atoms. The zero-order valence-corrected chi connectivity index (χ0v) is 10.8. The van der Waals surface area contributed by atoms with Gasteiger partial charge in [0.15, 0.2) is 11.7 Å². The molecule has 0 aliphatic carbocycles. The molecule has 8 heteroatoms. The summed E-state index contributed by atoms with van der Waals surface area (Å²) in [4.78, 5) is 42.2. The average Bonchev–Trinajstić information content (AvgIpc) is 2.36. The zero-order chi connectivity index (χ0) is 14.6. The fourth-order valence-electron chi connectivity index (χ4n) is 0.853. The first-order valence-corrected chi connectivity index (χ1v) is 4.93. The van der Waals surface area contributed by atoms with E-state index in [0.29, 0.717) is 6.47 Å². The molecule has 0 spiro atoms. The van der Waals surface area contributed by atoms with Crippen LogP contribution in [0.5, 0.6) is 0 Å². The molecule has 0 radical (unpaired) electrons. The highest BCUT2D eigenvalue weighted by Gasteiger charge is 2.31. The predicted molar refractivity (Wildman–Crippen MR) is 74.8 cm³/mol. The Balaban J connectivity index is -0.000000188. The summed E-state index contributed by atoms with van der Waals surface area (Å²) in [5.74, 6) is -3.40. The predicted octanol–water partition coefficient (Wildman–Crippen LogP) is -0.281. The van der Waals surface area contributed by atoms with Gasteiger partial charge < -0.3 is 20.1 Å². The van der Waals surface area contributed by atoms with E-state index in [1.54, 1.807) is 7.05 Å². The summed E-state index contributed by atoms with van der Waals surface area (Å²) in [6.45, 7) is 1.74. The summed E-state index contributed by atoms with van der Waals surface area (Å²) < 4.78 is 8.19. The van der Waals surface area contributed by atoms with Gasteiger partial charge in [-0.2, -0.15) is 0 Å². The molecule has 0 aliphatic rings. The first-order chi connectivity index (χ1) is 8.45. The normalized spacial score (nSPS) is 9.20. The molecule has 1 amide bonds. The van der Waals surface area contributed by atoms with Crippen LogP contribution in [-0.2, 0) is 28.7 Å². The standard InChI is InChI=1S/C8H14N2O4.C2H4O2.2CH4/c1-5(11)6(8(13)14-3)7(12)10-4-9-2;1-4-2-3;;/h6,9H,4H2,1-3H3,(H,10,12);2H,1H3;2*1H4. The van der Waals surface area contributed by atoms with Gasteiger partial charge in [0.1, 0.15) is 0 Å². The first-order valence-electron chi connectivity index (χ1n) is 4.93. The Bertz CT molecular complexity index is 294. The van der Waals surface area contributed by atoms with E-state index < -0.39 is 23.6 Å². The van der Waals surface area contributed by atoms with Crippen molar-refractivity contribution in [3.8, 4) is 0 Å². The molecule has 0 fully saturated rings. The van der Waals surface area contributed by atoms with Crippen molar-refractivity contribution in [3.05, 3.63) is 0 Å². The summed E-state index contributed by atoms with van der Waals surface area (Å²) in [5.41, 5.74) is 0. The second-order valence-corrected chi connectivity index (χ2v) is 2.97. The van der Waals surface area contributed by atoms with E-state index in [1.807, 2.05) is 0 Å². The molecule has 1 atom stereocenters. The maximum absolute atomic E-state index is 11.3. The van der Waals surface area contributed by atoms with Crippen LogP contribution in [0.4, 0.5) is 0 Å². The van der Waals surface area contributed by atoms with Crippen molar-refractivity contribution in [2.75, 3.05) is 27.9 Å². The smallest absolute Gasteiger partial charge is 0.325 e. The molecule has 0 aliphatic heterocycles. The van der Waals surface area contributed by atoms with Crippen LogP contribution in [0.15, 0.2) is 0 Å². The number of carbonyl (C=O) groups is 4. The molecule has 0 heterocycles. The molecule has 120 valence electrons. The van der Waals surface area contributed by atoms with E-state index >= 15 is 0 Å². The van der Waals surface area contributed by atoms with E-state index in [2.05, 4.69) is 20.1 Å². The zero-order valence-electron chi connectivity index (χ0n) is 10.8. The van der Waals surface area contributed by atoms with Crippen molar-refractivity contribution in [3.63, 3.8) is 0 Å². The second kappa shape index (κ2) is 17.0. The highest BCUT2D eigenvalue weighted by molar-refractivity contribution is 6.15. The van der Waals surface area contributed by atoms with E-state index in [9.17, 15) is 14.4 Å². The molecule has 8 nitrogen and oxygen atoms in total. The molecular formula is C12H26N2O6. The van der Waals surface area contributed by atoms with Crippen LogP contribution in [0.3, 0.4) is 0 Å². The number of methoxy groups -OCH3 is 2. The van der Waals surface area contributed by atoms with Crippen molar-refractivity contribution in [2.45, 2.75) is 21.8 Å². The highest BCUT2D eigenvalue weighted by Crippen LogP contribution is 2.01. The van der Waals surface area contributed by atoms with E-state index in [1.165, 1.54) is 14.0 Å². The van der Waals surface area contributed by atoms with Crippen molar-refractivity contribution in [1.82, 2.24) is 10.6 Å². The molecule has 0 saturated heterocycles. The lowest BCUT2D eigenvalue weighted by atomic mass is 10.1. The summed E-state index contributed by atoms with van der Waals surface area (Å²) in [5, 5.41) is 5.01. The molecule has 0 aromatic rings. The number of esters is 1. The SMILES string of the molecule is C.C.CNCNC(=O)C(C(C)=O)C(=O)OC.COC=O. The summed E-state index contributed by atoms with van der Waals surface area (Å²) in [6, 6.07) is 0. The van der Waals surface area contributed by atoms with Crippen LogP contribution in [0.2, 0.25) is 0 Å². The van der Waals surface area contributed by atoms with Gasteiger partial charge in [0.05, 0.1) is 20.9 Å². The number of ether oxygens (including phenoxy) is 2. The monoisotopic (exact) mass is 294 g/mol. The molecule has 2 N–H and O–H groups in total. The van der Waals surface area contributed by atoms with Crippen molar-refractivity contribution in [2.24, 2.45) is 5.92 Å². The number of hydrogen-bond acceptors (Lipinski definition) is 7. The van der Waals surface area contributed by atoms with Gasteiger partial charge in [-0.05, 0) is 14.0 Å². The van der Waals surface area contributed by atoms with Crippen LogP contribution < -0.4 is 10.6 Å². The summed E-state index contributed by atoms with van der Waals surface area (Å²) in [7, 11) is 4.07. The molecular weight excluding hydrogens is 268 g/mol. The van der Waals surface area contributed by atoms with Gasteiger partial charge in [0, 0.05) is 0 Å². The Kier molecular flexibility index (Phi) is 22.6. The lowest BCUT2D eigenvalue weighted by Gasteiger charge is -2.11. The number of nitrogens with one attached hydrogen (secondary N) is 2. The fourth-order valence-corrected chi connectivity index (χ4v) is 0.853. The number of rotatable bonds is 6. The number of ketones is 1. The van der Waals surface area contributed by atoms with Crippen LogP contribution in [0.1, 0.15) is 21.8 Å². The van der Waals surface area contributed by atoms with Crippen molar-refractivity contribution < 1.29 is 28.7 Å². The number of hydrogen-bond donors (Lipinski definition) is 2. The van der Waals surface area contributed by atoms with Gasteiger partial charge in [0.2, 0.25) is 5.91 Å². The van der Waals surface area contributed by atoms with Crippen LogP contribution in [0, 0.1) is 5.92 Å². The Labute approximate surface area is 120 Å². The Hall–Kier alpha value is -1.96.